The zero-order valence-corrected chi connectivity index (χ0v) is 24.0. The van der Waals surface area contributed by atoms with E-state index in [1.807, 2.05) is 0 Å². The summed E-state index contributed by atoms with van der Waals surface area (Å²) in [6.07, 6.45) is 4.09. The standard InChI is InChI=1S/C30H43N3O6/c1-7-8-9-10-11-18-33(26(35)20-31-29(37)39-30(3,4)5)27(22-12-17-25(34)21(2)19-22)28(36)32-23-13-15-24(38-6)16-14-23/h12-17,19,27,34H,7-11,18,20H2,1-6H3,(H,31,37)(H,32,36). The average Bonchev–Trinajstić information content (AvgIpc) is 2.87. The second-order valence-corrected chi connectivity index (χ2v) is 10.5. The van der Waals surface area contributed by atoms with E-state index in [1.54, 1.807) is 71.2 Å². The first-order valence-electron chi connectivity index (χ1n) is 13.5. The molecule has 0 fully saturated rings. The van der Waals surface area contributed by atoms with E-state index in [-0.39, 0.29) is 12.3 Å². The fourth-order valence-corrected chi connectivity index (χ4v) is 4.05. The topological polar surface area (TPSA) is 117 Å². The summed E-state index contributed by atoms with van der Waals surface area (Å²) in [6, 6.07) is 10.8. The number of hydrogen-bond acceptors (Lipinski definition) is 6. The van der Waals surface area contributed by atoms with Gasteiger partial charge in [0.25, 0.3) is 5.91 Å². The Labute approximate surface area is 231 Å². The van der Waals surface area contributed by atoms with Crippen LogP contribution in [0.1, 0.15) is 77.0 Å². The molecule has 0 saturated carbocycles. The summed E-state index contributed by atoms with van der Waals surface area (Å²) in [7, 11) is 1.56. The summed E-state index contributed by atoms with van der Waals surface area (Å²) < 4.78 is 10.5. The van der Waals surface area contributed by atoms with Crippen LogP contribution in [-0.2, 0) is 14.3 Å². The number of carbonyl (C=O) groups excluding carboxylic acids is 3. The molecule has 214 valence electrons. The lowest BCUT2D eigenvalue weighted by atomic mass is 10.00. The molecule has 0 spiro atoms. The van der Waals surface area contributed by atoms with Crippen LogP contribution in [-0.4, -0.2) is 53.7 Å². The smallest absolute Gasteiger partial charge is 0.408 e. The Kier molecular flexibility index (Phi) is 12.1. The van der Waals surface area contributed by atoms with Crippen molar-refractivity contribution in [3.63, 3.8) is 0 Å². The molecule has 0 aliphatic heterocycles. The van der Waals surface area contributed by atoms with Crippen molar-refractivity contribution >= 4 is 23.6 Å². The van der Waals surface area contributed by atoms with Crippen LogP contribution in [0.25, 0.3) is 0 Å². The van der Waals surface area contributed by atoms with Gasteiger partial charge in [0.1, 0.15) is 29.7 Å². The summed E-state index contributed by atoms with van der Waals surface area (Å²) in [5, 5.41) is 15.5. The quantitative estimate of drug-likeness (QED) is 0.280. The van der Waals surface area contributed by atoms with Crippen molar-refractivity contribution in [2.75, 3.05) is 25.5 Å². The summed E-state index contributed by atoms with van der Waals surface area (Å²) in [4.78, 5) is 41.0. The van der Waals surface area contributed by atoms with Crippen molar-refractivity contribution in [2.24, 2.45) is 0 Å². The third kappa shape index (κ3) is 10.5. The fraction of sp³-hybridized carbons (Fsp3) is 0.500. The van der Waals surface area contributed by atoms with Gasteiger partial charge in [0, 0.05) is 12.2 Å². The van der Waals surface area contributed by atoms with Crippen molar-refractivity contribution in [3.8, 4) is 11.5 Å². The van der Waals surface area contributed by atoms with Gasteiger partial charge in [-0.3, -0.25) is 9.59 Å². The number of nitrogens with zero attached hydrogens (tertiary/aromatic N) is 1. The van der Waals surface area contributed by atoms with Gasteiger partial charge in [-0.15, -0.1) is 0 Å². The molecule has 0 radical (unpaired) electrons. The molecule has 0 saturated heterocycles. The number of carbonyl (C=O) groups is 3. The normalized spacial score (nSPS) is 11.8. The summed E-state index contributed by atoms with van der Waals surface area (Å²) in [5.74, 6) is -0.0886. The maximum absolute atomic E-state index is 13.8. The second-order valence-electron chi connectivity index (χ2n) is 10.5. The monoisotopic (exact) mass is 541 g/mol. The lowest BCUT2D eigenvalue weighted by Crippen LogP contribution is -2.47. The van der Waals surface area contributed by atoms with E-state index in [1.165, 1.54) is 11.0 Å². The zero-order chi connectivity index (χ0) is 29.0. The first kappa shape index (κ1) is 31.5. The molecule has 9 nitrogen and oxygen atoms in total. The molecular formula is C30H43N3O6. The highest BCUT2D eigenvalue weighted by Crippen LogP contribution is 2.28. The van der Waals surface area contributed by atoms with Gasteiger partial charge >= 0.3 is 6.09 Å². The van der Waals surface area contributed by atoms with Crippen molar-refractivity contribution in [1.82, 2.24) is 10.2 Å². The molecule has 0 aromatic heterocycles. The van der Waals surface area contributed by atoms with Crippen molar-refractivity contribution < 1.29 is 29.0 Å². The Balaban J connectivity index is 2.38. The number of phenols is 1. The molecule has 0 aliphatic carbocycles. The highest BCUT2D eigenvalue weighted by Gasteiger charge is 2.32. The first-order chi connectivity index (χ1) is 18.4. The predicted octanol–water partition coefficient (Wildman–Crippen LogP) is 5.71. The van der Waals surface area contributed by atoms with Gasteiger partial charge in [-0.2, -0.15) is 0 Å². The molecule has 3 N–H and O–H groups in total. The molecule has 2 aromatic rings. The summed E-state index contributed by atoms with van der Waals surface area (Å²) >= 11 is 0. The van der Waals surface area contributed by atoms with Crippen LogP contribution in [0.2, 0.25) is 0 Å². The molecule has 0 aliphatic rings. The minimum absolute atomic E-state index is 0.0945. The van der Waals surface area contributed by atoms with Crippen LogP contribution in [0.3, 0.4) is 0 Å². The number of benzene rings is 2. The number of unbranched alkanes of at least 4 members (excludes halogenated alkanes) is 4. The minimum atomic E-state index is -0.995. The maximum Gasteiger partial charge on any atom is 0.408 e. The number of hydrogen-bond donors (Lipinski definition) is 3. The van der Waals surface area contributed by atoms with Gasteiger partial charge in [-0.1, -0.05) is 38.7 Å². The van der Waals surface area contributed by atoms with Crippen LogP contribution in [0.4, 0.5) is 10.5 Å². The van der Waals surface area contributed by atoms with Crippen molar-refractivity contribution in [1.29, 1.82) is 0 Å². The maximum atomic E-state index is 13.8. The van der Waals surface area contributed by atoms with Crippen LogP contribution in [0, 0.1) is 6.92 Å². The molecule has 0 bridgehead atoms. The lowest BCUT2D eigenvalue weighted by molar-refractivity contribution is -0.138. The number of phenolic OH excluding ortho intramolecular Hbond substituents is 1. The molecular weight excluding hydrogens is 498 g/mol. The Morgan fingerprint density at radius 1 is 1.00 bits per heavy atom. The number of methoxy groups -OCH3 is 1. The van der Waals surface area contributed by atoms with Gasteiger partial charge in [0.2, 0.25) is 5.91 Å². The SMILES string of the molecule is CCCCCCCN(C(=O)CNC(=O)OC(C)(C)C)C(C(=O)Nc1ccc(OC)cc1)c1ccc(O)c(C)c1. The number of alkyl carbamates (subject to hydrolysis) is 1. The number of anilines is 1. The molecule has 2 rings (SSSR count). The number of amides is 3. The lowest BCUT2D eigenvalue weighted by Gasteiger charge is -2.32. The van der Waals surface area contributed by atoms with Crippen molar-refractivity contribution in [3.05, 3.63) is 53.6 Å². The average molecular weight is 542 g/mol. The van der Waals surface area contributed by atoms with Crippen LogP contribution in [0.5, 0.6) is 11.5 Å². The third-order valence-electron chi connectivity index (χ3n) is 6.06. The molecule has 2 aromatic carbocycles. The zero-order valence-electron chi connectivity index (χ0n) is 24.0. The number of aromatic hydroxyl groups is 1. The van der Waals surface area contributed by atoms with Crippen LogP contribution in [0.15, 0.2) is 42.5 Å². The largest absolute Gasteiger partial charge is 0.508 e. The van der Waals surface area contributed by atoms with E-state index < -0.39 is 29.6 Å². The van der Waals surface area contributed by atoms with Crippen molar-refractivity contribution in [2.45, 2.75) is 78.4 Å². The Morgan fingerprint density at radius 2 is 1.67 bits per heavy atom. The first-order valence-corrected chi connectivity index (χ1v) is 13.5. The van der Waals surface area contributed by atoms with Crippen LogP contribution >= 0.6 is 0 Å². The second kappa shape index (κ2) is 15.0. The van der Waals surface area contributed by atoms with Gasteiger partial charge in [0.05, 0.1) is 7.11 Å². The van der Waals surface area contributed by atoms with E-state index in [4.69, 9.17) is 9.47 Å². The molecule has 39 heavy (non-hydrogen) atoms. The van der Waals surface area contributed by atoms with E-state index in [9.17, 15) is 19.5 Å². The molecule has 1 atom stereocenters. The van der Waals surface area contributed by atoms with E-state index in [0.29, 0.717) is 35.5 Å². The molecule has 0 heterocycles. The summed E-state index contributed by atoms with van der Waals surface area (Å²) in [5.41, 5.74) is 0.965. The number of nitrogens with one attached hydrogen (secondary N) is 2. The van der Waals surface area contributed by atoms with Crippen LogP contribution < -0.4 is 15.4 Å². The van der Waals surface area contributed by atoms with Gasteiger partial charge in [-0.25, -0.2) is 4.79 Å². The minimum Gasteiger partial charge on any atom is -0.508 e. The molecule has 3 amide bonds. The molecule has 9 heteroatoms. The van der Waals surface area contributed by atoms with E-state index in [0.717, 1.165) is 25.7 Å². The number of ether oxygens (including phenoxy) is 2. The Hall–Kier alpha value is -3.75. The Bertz CT molecular complexity index is 1090. The predicted molar refractivity (Wildman–Crippen MR) is 152 cm³/mol. The van der Waals surface area contributed by atoms with E-state index in [2.05, 4.69) is 17.6 Å². The Morgan fingerprint density at radius 3 is 2.26 bits per heavy atom. The number of aryl methyl sites for hydroxylation is 1. The van der Waals surface area contributed by atoms with Gasteiger partial charge in [0.15, 0.2) is 0 Å². The van der Waals surface area contributed by atoms with Gasteiger partial charge < -0.3 is 30.1 Å². The number of rotatable bonds is 13. The summed E-state index contributed by atoms with van der Waals surface area (Å²) in [6.45, 7) is 9.08. The molecule has 1 unspecified atom stereocenters. The highest BCUT2D eigenvalue weighted by atomic mass is 16.6. The fourth-order valence-electron chi connectivity index (χ4n) is 4.05. The third-order valence-corrected chi connectivity index (χ3v) is 6.06. The van der Waals surface area contributed by atoms with Gasteiger partial charge in [-0.05, 0) is 81.6 Å². The van der Waals surface area contributed by atoms with E-state index >= 15 is 0 Å². The highest BCUT2D eigenvalue weighted by molar-refractivity contribution is 5.98.